The van der Waals surface area contributed by atoms with Gasteiger partial charge in [0.2, 0.25) is 0 Å². The molecule has 19 heavy (non-hydrogen) atoms. The van der Waals surface area contributed by atoms with Crippen LogP contribution in [0.1, 0.15) is 18.2 Å². The van der Waals surface area contributed by atoms with Crippen LogP contribution >= 0.6 is 15.9 Å². The lowest BCUT2D eigenvalue weighted by atomic mass is 10.1. The van der Waals surface area contributed by atoms with Crippen molar-refractivity contribution in [2.24, 2.45) is 5.84 Å². The van der Waals surface area contributed by atoms with E-state index < -0.39 is 11.9 Å². The van der Waals surface area contributed by atoms with Crippen LogP contribution in [0.5, 0.6) is 0 Å². The molecule has 0 unspecified atom stereocenters. The Hall–Kier alpha value is -1.34. The number of nitrogens with two attached hydrogens (primary N) is 1. The molecule has 1 heterocycles. The summed E-state index contributed by atoms with van der Waals surface area (Å²) < 4.78 is 39.2. The van der Waals surface area contributed by atoms with Crippen LogP contribution in [0.15, 0.2) is 22.7 Å². The minimum Gasteiger partial charge on any atom is -0.323 e. The fourth-order valence-electron chi connectivity index (χ4n) is 1.89. The molecule has 0 bridgehead atoms. The monoisotopic (exact) mass is 333 g/mol. The summed E-state index contributed by atoms with van der Waals surface area (Å²) in [4.78, 5) is 3.73. The topological polar surface area (TPSA) is 50.9 Å². The molecule has 0 amide bonds. The van der Waals surface area contributed by atoms with E-state index in [2.05, 4.69) is 26.3 Å². The molecule has 2 rings (SSSR count). The predicted molar refractivity (Wildman–Crippen MR) is 71.6 cm³/mol. The van der Waals surface area contributed by atoms with E-state index in [-0.39, 0.29) is 5.69 Å². The van der Waals surface area contributed by atoms with Crippen LogP contribution in [-0.2, 0) is 12.6 Å². The zero-order valence-electron chi connectivity index (χ0n) is 9.98. The van der Waals surface area contributed by atoms with Gasteiger partial charge in [0, 0.05) is 9.86 Å². The Balaban J connectivity index is 2.85. The fourth-order valence-corrected chi connectivity index (χ4v) is 2.40. The summed E-state index contributed by atoms with van der Waals surface area (Å²) in [6, 6.07) is 4.36. The molecule has 7 heteroatoms. The second kappa shape index (κ2) is 4.97. The Labute approximate surface area is 116 Å². The number of nitrogen functional groups attached to an aromatic ring is 1. The summed E-state index contributed by atoms with van der Waals surface area (Å²) in [6.45, 7) is 1.86. The smallest absolute Gasteiger partial charge is 0.323 e. The van der Waals surface area contributed by atoms with Gasteiger partial charge < -0.3 is 5.43 Å². The van der Waals surface area contributed by atoms with E-state index in [0.717, 1.165) is 16.1 Å². The molecule has 3 nitrogen and oxygen atoms in total. The number of hydrazine groups is 1. The molecule has 0 aliphatic carbocycles. The normalized spacial score (nSPS) is 11.9. The Morgan fingerprint density at radius 2 is 2.00 bits per heavy atom. The van der Waals surface area contributed by atoms with Crippen LogP contribution in [0.2, 0.25) is 0 Å². The van der Waals surface area contributed by atoms with Crippen molar-refractivity contribution in [2.75, 3.05) is 5.43 Å². The molecule has 0 atom stereocenters. The molecule has 0 radical (unpaired) electrons. The number of benzene rings is 1. The summed E-state index contributed by atoms with van der Waals surface area (Å²) >= 11 is 3.33. The van der Waals surface area contributed by atoms with Crippen molar-refractivity contribution in [1.29, 1.82) is 0 Å². The van der Waals surface area contributed by atoms with Gasteiger partial charge in [-0.15, -0.1) is 0 Å². The van der Waals surface area contributed by atoms with Crippen LogP contribution in [0.4, 0.5) is 18.9 Å². The first-order valence-electron chi connectivity index (χ1n) is 5.53. The molecule has 0 saturated heterocycles. The molecule has 0 fully saturated rings. The highest BCUT2D eigenvalue weighted by Gasteiger charge is 2.33. The maximum Gasteiger partial charge on any atom is 0.433 e. The van der Waals surface area contributed by atoms with Gasteiger partial charge in [-0.1, -0.05) is 22.9 Å². The molecular formula is C12H11BrF3N3. The summed E-state index contributed by atoms with van der Waals surface area (Å²) in [5.74, 6) is 5.31. The van der Waals surface area contributed by atoms with Crippen molar-refractivity contribution in [3.63, 3.8) is 0 Å². The number of fused-ring (bicyclic) bond motifs is 1. The molecule has 0 aliphatic rings. The van der Waals surface area contributed by atoms with Gasteiger partial charge in [0.15, 0.2) is 0 Å². The minimum absolute atomic E-state index is 0.202. The van der Waals surface area contributed by atoms with Crippen LogP contribution in [0, 0.1) is 0 Å². The van der Waals surface area contributed by atoms with Gasteiger partial charge in [-0.2, -0.15) is 13.2 Å². The SMILES string of the molecule is CCc1cc(Br)cc2c(NN)cc(C(F)(F)F)nc12. The van der Waals surface area contributed by atoms with Gasteiger partial charge in [0.1, 0.15) is 5.69 Å². The Morgan fingerprint density at radius 1 is 1.32 bits per heavy atom. The maximum atomic E-state index is 12.8. The maximum absolute atomic E-state index is 12.8. The number of anilines is 1. The Bertz CT molecular complexity index is 626. The number of hydrogen-bond donors (Lipinski definition) is 2. The van der Waals surface area contributed by atoms with Gasteiger partial charge in [-0.3, -0.25) is 5.84 Å². The summed E-state index contributed by atoms with van der Waals surface area (Å²) in [5.41, 5.74) is 2.59. The molecule has 2 aromatic rings. The van der Waals surface area contributed by atoms with Crippen molar-refractivity contribution in [1.82, 2.24) is 4.98 Å². The van der Waals surface area contributed by atoms with E-state index in [1.165, 1.54) is 0 Å². The second-order valence-corrected chi connectivity index (χ2v) is 4.93. The highest BCUT2D eigenvalue weighted by molar-refractivity contribution is 9.10. The van der Waals surface area contributed by atoms with Crippen molar-refractivity contribution in [2.45, 2.75) is 19.5 Å². The van der Waals surface area contributed by atoms with E-state index in [1.54, 1.807) is 12.1 Å². The zero-order chi connectivity index (χ0) is 14.2. The van der Waals surface area contributed by atoms with Gasteiger partial charge in [0.25, 0.3) is 0 Å². The first kappa shape index (κ1) is 14.1. The van der Waals surface area contributed by atoms with Gasteiger partial charge in [-0.05, 0) is 30.2 Å². The van der Waals surface area contributed by atoms with E-state index in [9.17, 15) is 13.2 Å². The number of nitrogens with one attached hydrogen (secondary N) is 1. The van der Waals surface area contributed by atoms with Crippen LogP contribution < -0.4 is 11.3 Å². The third kappa shape index (κ3) is 2.66. The number of halogens is 4. The molecule has 1 aromatic carbocycles. The quantitative estimate of drug-likeness (QED) is 0.648. The lowest BCUT2D eigenvalue weighted by molar-refractivity contribution is -0.140. The molecule has 0 spiro atoms. The van der Waals surface area contributed by atoms with Crippen LogP contribution in [0.25, 0.3) is 10.9 Å². The van der Waals surface area contributed by atoms with E-state index >= 15 is 0 Å². The van der Waals surface area contributed by atoms with Gasteiger partial charge in [0.05, 0.1) is 11.2 Å². The van der Waals surface area contributed by atoms with Crippen molar-refractivity contribution >= 4 is 32.5 Å². The van der Waals surface area contributed by atoms with Crippen molar-refractivity contribution < 1.29 is 13.2 Å². The summed E-state index contributed by atoms with van der Waals surface area (Å²) in [5, 5.41) is 0.557. The molecular weight excluding hydrogens is 323 g/mol. The summed E-state index contributed by atoms with van der Waals surface area (Å²) in [6.07, 6.45) is -3.92. The summed E-state index contributed by atoms with van der Waals surface area (Å²) in [7, 11) is 0. The molecule has 1 aromatic heterocycles. The molecule has 0 aliphatic heterocycles. The number of aromatic nitrogens is 1. The van der Waals surface area contributed by atoms with E-state index in [0.29, 0.717) is 17.3 Å². The number of aryl methyl sites for hydroxylation is 1. The van der Waals surface area contributed by atoms with Crippen molar-refractivity contribution in [3.05, 3.63) is 33.9 Å². The van der Waals surface area contributed by atoms with Gasteiger partial charge in [-0.25, -0.2) is 4.98 Å². The van der Waals surface area contributed by atoms with E-state index in [1.807, 2.05) is 6.92 Å². The Morgan fingerprint density at radius 3 is 2.53 bits per heavy atom. The largest absolute Gasteiger partial charge is 0.433 e. The third-order valence-corrected chi connectivity index (χ3v) is 3.24. The van der Waals surface area contributed by atoms with Crippen LogP contribution in [-0.4, -0.2) is 4.98 Å². The number of rotatable bonds is 2. The third-order valence-electron chi connectivity index (χ3n) is 2.78. The first-order valence-corrected chi connectivity index (χ1v) is 6.33. The average Bonchev–Trinajstić information content (AvgIpc) is 2.35. The van der Waals surface area contributed by atoms with E-state index in [4.69, 9.17) is 5.84 Å². The second-order valence-electron chi connectivity index (χ2n) is 4.01. The lowest BCUT2D eigenvalue weighted by Crippen LogP contribution is -2.13. The first-order chi connectivity index (χ1) is 8.86. The number of pyridine rings is 1. The molecule has 0 saturated carbocycles. The highest BCUT2D eigenvalue weighted by Crippen LogP contribution is 2.35. The number of alkyl halides is 3. The van der Waals surface area contributed by atoms with Crippen LogP contribution in [0.3, 0.4) is 0 Å². The number of hydrogen-bond acceptors (Lipinski definition) is 3. The Kier molecular flexibility index (Phi) is 3.69. The predicted octanol–water partition coefficient (Wildman–Crippen LogP) is 3.86. The van der Waals surface area contributed by atoms with Gasteiger partial charge >= 0.3 is 6.18 Å². The fraction of sp³-hybridized carbons (Fsp3) is 0.250. The highest BCUT2D eigenvalue weighted by atomic mass is 79.9. The average molecular weight is 334 g/mol. The lowest BCUT2D eigenvalue weighted by Gasteiger charge is -2.13. The van der Waals surface area contributed by atoms with Crippen molar-refractivity contribution in [3.8, 4) is 0 Å². The zero-order valence-corrected chi connectivity index (χ0v) is 11.6. The minimum atomic E-state index is -4.50. The molecule has 3 N–H and O–H groups in total. The molecule has 102 valence electrons. The number of nitrogens with zero attached hydrogens (tertiary/aromatic N) is 1. The standard InChI is InChI=1S/C12H11BrF3N3/c1-2-6-3-7(13)4-8-9(19-17)5-10(12(14,15)16)18-11(6)8/h3-5H,2,17H2,1H3,(H,18,19).